The summed E-state index contributed by atoms with van der Waals surface area (Å²) in [6, 6.07) is 14.4. The number of amides is 2. The van der Waals surface area contributed by atoms with Crippen molar-refractivity contribution < 1.29 is 14.3 Å². The van der Waals surface area contributed by atoms with Crippen molar-refractivity contribution in [3.63, 3.8) is 0 Å². The second-order valence-corrected chi connectivity index (χ2v) is 10.7. The number of thiophene rings is 1. The maximum atomic E-state index is 12.8. The molecule has 3 fully saturated rings. The van der Waals surface area contributed by atoms with Crippen molar-refractivity contribution in [3.05, 3.63) is 58.3 Å². The Morgan fingerprint density at radius 3 is 2.52 bits per heavy atom. The molecule has 176 valence electrons. The van der Waals surface area contributed by atoms with E-state index < -0.39 is 0 Å². The Hall–Kier alpha value is -2.22. The molecule has 0 saturated carbocycles. The van der Waals surface area contributed by atoms with Crippen LogP contribution in [0.15, 0.2) is 47.8 Å². The Balaban J connectivity index is 1.13. The van der Waals surface area contributed by atoms with Gasteiger partial charge in [0.05, 0.1) is 25.0 Å². The molecular weight excluding hydrogens is 434 g/mol. The lowest BCUT2D eigenvalue weighted by molar-refractivity contribution is -0.129. The third-order valence-corrected chi connectivity index (χ3v) is 8.25. The molecule has 1 N–H and O–H groups in total. The first kappa shape index (κ1) is 22.6. The number of nitrogens with zero attached hydrogens (tertiary/aromatic N) is 2. The van der Waals surface area contributed by atoms with Crippen LogP contribution in [0.2, 0.25) is 0 Å². The second-order valence-electron chi connectivity index (χ2n) is 9.66. The molecule has 2 aromatic rings. The number of likely N-dealkylation sites (tertiary alicyclic amines) is 2. The van der Waals surface area contributed by atoms with Crippen LogP contribution in [0.25, 0.3) is 0 Å². The fourth-order valence-electron chi connectivity index (χ4n) is 5.50. The van der Waals surface area contributed by atoms with Crippen molar-refractivity contribution in [1.82, 2.24) is 15.1 Å². The number of ether oxygens (including phenoxy) is 1. The summed E-state index contributed by atoms with van der Waals surface area (Å²) in [6.45, 7) is 6.01. The smallest absolute Gasteiger partial charge is 0.227 e. The van der Waals surface area contributed by atoms with E-state index in [4.69, 9.17) is 4.74 Å². The van der Waals surface area contributed by atoms with Gasteiger partial charge in [0.15, 0.2) is 0 Å². The summed E-state index contributed by atoms with van der Waals surface area (Å²) >= 11 is 1.66. The maximum Gasteiger partial charge on any atom is 0.227 e. The van der Waals surface area contributed by atoms with E-state index >= 15 is 0 Å². The molecule has 3 aliphatic rings. The van der Waals surface area contributed by atoms with E-state index in [1.165, 1.54) is 0 Å². The lowest BCUT2D eigenvalue weighted by Gasteiger charge is -2.25. The summed E-state index contributed by atoms with van der Waals surface area (Å²) in [7, 11) is 0. The van der Waals surface area contributed by atoms with Crippen LogP contribution >= 0.6 is 11.3 Å². The maximum absolute atomic E-state index is 12.8. The molecule has 6 nitrogen and oxygen atoms in total. The molecule has 3 aliphatic heterocycles. The highest BCUT2D eigenvalue weighted by atomic mass is 32.1. The average Bonchev–Trinajstić information content (AvgIpc) is 3.62. The van der Waals surface area contributed by atoms with E-state index in [2.05, 4.69) is 27.2 Å². The molecular formula is C26H33N3O3S. The fraction of sp³-hybridized carbons (Fsp3) is 0.538. The van der Waals surface area contributed by atoms with Crippen LogP contribution in [0.5, 0.6) is 0 Å². The number of hydrogen-bond acceptors (Lipinski definition) is 5. The zero-order valence-electron chi connectivity index (χ0n) is 19.0. The number of rotatable bonds is 8. The molecule has 3 unspecified atom stereocenters. The Morgan fingerprint density at radius 2 is 1.85 bits per heavy atom. The predicted octanol–water partition coefficient (Wildman–Crippen LogP) is 2.96. The number of nitrogens with one attached hydrogen (secondary N) is 1. The van der Waals surface area contributed by atoms with E-state index in [-0.39, 0.29) is 23.8 Å². The quantitative estimate of drug-likeness (QED) is 0.649. The molecule has 3 saturated heterocycles. The van der Waals surface area contributed by atoms with Gasteiger partial charge in [0.1, 0.15) is 0 Å². The lowest BCUT2D eigenvalue weighted by Crippen LogP contribution is -2.37. The van der Waals surface area contributed by atoms with Gasteiger partial charge in [-0.1, -0.05) is 36.4 Å². The van der Waals surface area contributed by atoms with E-state index in [0.717, 1.165) is 56.0 Å². The SMILES string of the molecule is O=C(NC(CCN1CC2CN(C(=O)Cc3cccs3)C[C@@H]2C1)c1ccccc1)C1CCOC1. The Kier molecular flexibility index (Phi) is 7.09. The second kappa shape index (κ2) is 10.4. The molecule has 0 spiro atoms. The van der Waals surface area contributed by atoms with Crippen molar-refractivity contribution in [2.75, 3.05) is 45.9 Å². The van der Waals surface area contributed by atoms with Crippen LogP contribution in [0, 0.1) is 17.8 Å². The molecule has 0 radical (unpaired) electrons. The van der Waals surface area contributed by atoms with Gasteiger partial charge in [-0.15, -0.1) is 11.3 Å². The monoisotopic (exact) mass is 467 g/mol. The molecule has 7 heteroatoms. The molecule has 5 rings (SSSR count). The first-order valence-electron chi connectivity index (χ1n) is 12.1. The molecule has 4 atom stereocenters. The largest absolute Gasteiger partial charge is 0.381 e. The van der Waals surface area contributed by atoms with E-state index in [1.807, 2.05) is 35.7 Å². The van der Waals surface area contributed by atoms with Crippen LogP contribution in [0.1, 0.15) is 29.3 Å². The molecule has 2 amide bonds. The summed E-state index contributed by atoms with van der Waals surface area (Å²) in [6.07, 6.45) is 2.24. The van der Waals surface area contributed by atoms with Gasteiger partial charge in [0.25, 0.3) is 0 Å². The molecule has 4 heterocycles. The number of carbonyl (C=O) groups excluding carboxylic acids is 2. The number of hydrogen-bond donors (Lipinski definition) is 1. The Bertz CT molecular complexity index is 916. The van der Waals surface area contributed by atoms with Crippen LogP contribution in [-0.2, 0) is 20.7 Å². The zero-order valence-corrected chi connectivity index (χ0v) is 19.8. The van der Waals surface area contributed by atoms with Crippen molar-refractivity contribution in [3.8, 4) is 0 Å². The van der Waals surface area contributed by atoms with Crippen LogP contribution in [0.3, 0.4) is 0 Å². The summed E-state index contributed by atoms with van der Waals surface area (Å²) in [4.78, 5) is 31.2. The van der Waals surface area contributed by atoms with Crippen molar-refractivity contribution in [1.29, 1.82) is 0 Å². The van der Waals surface area contributed by atoms with Gasteiger partial charge < -0.3 is 19.9 Å². The van der Waals surface area contributed by atoms with Gasteiger partial charge in [-0.3, -0.25) is 9.59 Å². The molecule has 1 aromatic heterocycles. The van der Waals surface area contributed by atoms with Crippen LogP contribution in [0.4, 0.5) is 0 Å². The average molecular weight is 468 g/mol. The standard InChI is InChI=1S/C26H33N3O3S/c30-25(13-23-7-4-12-33-23)29-16-21-14-28(15-22(21)17-29)10-8-24(19-5-2-1-3-6-19)27-26(31)20-9-11-32-18-20/h1-7,12,20-22,24H,8-11,13-18H2,(H,27,31)/t20?,21-,22?,24?/m0/s1. The summed E-state index contributed by atoms with van der Waals surface area (Å²) in [5, 5.41) is 5.33. The molecule has 0 aliphatic carbocycles. The van der Waals surface area contributed by atoms with Crippen LogP contribution in [-0.4, -0.2) is 67.6 Å². The summed E-state index contributed by atoms with van der Waals surface area (Å²) < 4.78 is 5.41. The minimum absolute atomic E-state index is 0.0172. The van der Waals surface area contributed by atoms with Gasteiger partial charge in [-0.05, 0) is 41.7 Å². The number of benzene rings is 1. The highest BCUT2D eigenvalue weighted by Gasteiger charge is 2.41. The van der Waals surface area contributed by atoms with Crippen molar-refractivity contribution in [2.24, 2.45) is 17.8 Å². The highest BCUT2D eigenvalue weighted by molar-refractivity contribution is 7.10. The summed E-state index contributed by atoms with van der Waals surface area (Å²) in [5.74, 6) is 1.48. The van der Waals surface area contributed by atoms with Gasteiger partial charge in [-0.2, -0.15) is 0 Å². The van der Waals surface area contributed by atoms with Crippen molar-refractivity contribution in [2.45, 2.75) is 25.3 Å². The number of carbonyl (C=O) groups is 2. The predicted molar refractivity (Wildman–Crippen MR) is 129 cm³/mol. The minimum Gasteiger partial charge on any atom is -0.381 e. The summed E-state index contributed by atoms with van der Waals surface area (Å²) in [5.41, 5.74) is 1.16. The van der Waals surface area contributed by atoms with Gasteiger partial charge in [0, 0.05) is 44.2 Å². The first-order valence-corrected chi connectivity index (χ1v) is 13.0. The normalized spacial score (nSPS) is 25.8. The van der Waals surface area contributed by atoms with E-state index in [1.54, 1.807) is 11.3 Å². The van der Waals surface area contributed by atoms with E-state index in [0.29, 0.717) is 31.5 Å². The minimum atomic E-state index is -0.0277. The highest BCUT2D eigenvalue weighted by Crippen LogP contribution is 2.32. The Labute approximate surface area is 199 Å². The Morgan fingerprint density at radius 1 is 1.06 bits per heavy atom. The third kappa shape index (κ3) is 5.48. The molecule has 1 aromatic carbocycles. The zero-order chi connectivity index (χ0) is 22.6. The van der Waals surface area contributed by atoms with E-state index in [9.17, 15) is 9.59 Å². The van der Waals surface area contributed by atoms with Crippen molar-refractivity contribution >= 4 is 23.2 Å². The number of fused-ring (bicyclic) bond motifs is 1. The third-order valence-electron chi connectivity index (χ3n) is 7.37. The van der Waals surface area contributed by atoms with Gasteiger partial charge >= 0.3 is 0 Å². The molecule has 0 bridgehead atoms. The fourth-order valence-corrected chi connectivity index (χ4v) is 6.20. The lowest BCUT2D eigenvalue weighted by atomic mass is 10.0. The molecule has 33 heavy (non-hydrogen) atoms. The topological polar surface area (TPSA) is 61.9 Å². The first-order chi connectivity index (χ1) is 16.2. The van der Waals surface area contributed by atoms with Crippen LogP contribution < -0.4 is 5.32 Å². The van der Waals surface area contributed by atoms with Gasteiger partial charge in [-0.25, -0.2) is 0 Å². The van der Waals surface area contributed by atoms with Gasteiger partial charge in [0.2, 0.25) is 11.8 Å².